The molecule has 10 heteroatoms. The lowest BCUT2D eigenvalue weighted by Gasteiger charge is -2.13. The van der Waals surface area contributed by atoms with E-state index in [4.69, 9.17) is 5.73 Å². The fourth-order valence-electron chi connectivity index (χ4n) is 2.39. The summed E-state index contributed by atoms with van der Waals surface area (Å²) in [5.41, 5.74) is 4.89. The Kier molecular flexibility index (Phi) is 8.31. The molecule has 3 nitrogen and oxygen atoms in total. The lowest BCUT2D eigenvalue weighted by Crippen LogP contribution is -2.31. The van der Waals surface area contributed by atoms with E-state index in [1.54, 1.807) is 0 Å². The largest absolute Gasteiger partial charge is 0.416 e. The second-order valence-corrected chi connectivity index (χ2v) is 5.94. The van der Waals surface area contributed by atoms with Gasteiger partial charge in [-0.05, 0) is 48.7 Å². The minimum Gasteiger partial charge on any atom is -0.352 e. The summed E-state index contributed by atoms with van der Waals surface area (Å²) in [6, 6.07) is 4.22. The van der Waals surface area contributed by atoms with Crippen LogP contribution in [0.5, 0.6) is 0 Å². The molecule has 0 saturated carbocycles. The number of benzene rings is 2. The van der Waals surface area contributed by atoms with Gasteiger partial charge in [0.15, 0.2) is 11.6 Å². The molecular weight excluding hydrogens is 410 g/mol. The first-order valence-electron chi connectivity index (χ1n) is 7.92. The number of hydrogen-bond acceptors (Lipinski definition) is 2. The molecule has 0 aromatic heterocycles. The highest BCUT2D eigenvalue weighted by atomic mass is 35.5. The Bertz CT molecular complexity index is 811. The van der Waals surface area contributed by atoms with Gasteiger partial charge in [-0.2, -0.15) is 13.2 Å². The van der Waals surface area contributed by atoms with Crippen molar-refractivity contribution in [2.24, 2.45) is 5.73 Å². The smallest absolute Gasteiger partial charge is 0.352 e. The highest BCUT2D eigenvalue weighted by molar-refractivity contribution is 5.94. The van der Waals surface area contributed by atoms with E-state index in [9.17, 15) is 31.1 Å². The highest BCUT2D eigenvalue weighted by Gasteiger charge is 2.30. The molecular formula is C18H17ClF6N2O. The maximum Gasteiger partial charge on any atom is 0.416 e. The van der Waals surface area contributed by atoms with Crippen LogP contribution in [0, 0.1) is 17.5 Å². The molecule has 1 amide bonds. The van der Waals surface area contributed by atoms with E-state index >= 15 is 0 Å². The van der Waals surface area contributed by atoms with Crippen molar-refractivity contribution in [2.45, 2.75) is 25.1 Å². The van der Waals surface area contributed by atoms with Crippen molar-refractivity contribution in [3.05, 3.63) is 70.5 Å². The zero-order chi connectivity index (χ0) is 20.2. The third-order valence-electron chi connectivity index (χ3n) is 3.85. The number of amides is 1. The molecule has 0 aliphatic carbocycles. The molecule has 0 radical (unpaired) electrons. The molecule has 0 fully saturated rings. The van der Waals surface area contributed by atoms with Crippen LogP contribution in [0.2, 0.25) is 0 Å². The van der Waals surface area contributed by atoms with Crippen molar-refractivity contribution in [1.29, 1.82) is 0 Å². The minimum absolute atomic E-state index is 0. The Balaban J connectivity index is 0.00000392. The molecule has 1 atom stereocenters. The summed E-state index contributed by atoms with van der Waals surface area (Å²) in [5, 5.41) is 2.48. The van der Waals surface area contributed by atoms with Crippen molar-refractivity contribution >= 4 is 18.3 Å². The normalized spacial score (nSPS) is 12.2. The van der Waals surface area contributed by atoms with Crippen LogP contribution < -0.4 is 11.1 Å². The first-order valence-corrected chi connectivity index (χ1v) is 7.92. The highest BCUT2D eigenvalue weighted by Crippen LogP contribution is 2.29. The number of halogens is 7. The number of carbonyl (C=O) groups is 1. The second kappa shape index (κ2) is 9.79. The monoisotopic (exact) mass is 426 g/mol. The fourth-order valence-corrected chi connectivity index (χ4v) is 2.39. The van der Waals surface area contributed by atoms with Crippen LogP contribution in [0.3, 0.4) is 0 Å². The number of nitrogens with one attached hydrogen (secondary N) is 1. The van der Waals surface area contributed by atoms with Crippen molar-refractivity contribution in [3.8, 4) is 0 Å². The van der Waals surface area contributed by atoms with Crippen molar-refractivity contribution in [1.82, 2.24) is 5.32 Å². The molecule has 0 heterocycles. The van der Waals surface area contributed by atoms with E-state index < -0.39 is 41.1 Å². The first-order chi connectivity index (χ1) is 12.6. The summed E-state index contributed by atoms with van der Waals surface area (Å²) in [4.78, 5) is 11.9. The maximum atomic E-state index is 13.6. The fraction of sp³-hybridized carbons (Fsp3) is 0.278. The number of alkyl halides is 3. The molecule has 0 saturated heterocycles. The predicted molar refractivity (Wildman–Crippen MR) is 93.6 cm³/mol. The maximum absolute atomic E-state index is 13.6. The Morgan fingerprint density at radius 1 is 1.00 bits per heavy atom. The van der Waals surface area contributed by atoms with E-state index in [-0.39, 0.29) is 42.9 Å². The Hall–Kier alpha value is -2.26. The van der Waals surface area contributed by atoms with Gasteiger partial charge in [0.1, 0.15) is 5.82 Å². The summed E-state index contributed by atoms with van der Waals surface area (Å²) in [7, 11) is 0. The van der Waals surface area contributed by atoms with Crippen LogP contribution in [0.4, 0.5) is 26.3 Å². The van der Waals surface area contributed by atoms with Crippen LogP contribution in [0.15, 0.2) is 36.4 Å². The van der Waals surface area contributed by atoms with Crippen LogP contribution in [0.1, 0.15) is 27.9 Å². The number of rotatable bonds is 6. The van der Waals surface area contributed by atoms with Crippen molar-refractivity contribution < 1.29 is 31.1 Å². The third-order valence-corrected chi connectivity index (χ3v) is 3.85. The molecule has 0 unspecified atom stereocenters. The molecule has 2 rings (SSSR count). The zero-order valence-corrected chi connectivity index (χ0v) is 15.1. The third kappa shape index (κ3) is 6.42. The number of nitrogens with two attached hydrogens (primary N) is 1. The zero-order valence-electron chi connectivity index (χ0n) is 14.3. The van der Waals surface area contributed by atoms with Crippen LogP contribution in [-0.4, -0.2) is 18.5 Å². The molecule has 0 bridgehead atoms. The Morgan fingerprint density at radius 2 is 1.57 bits per heavy atom. The topological polar surface area (TPSA) is 55.1 Å². The average Bonchev–Trinajstić information content (AvgIpc) is 2.59. The molecule has 28 heavy (non-hydrogen) atoms. The number of hydrogen-bond donors (Lipinski definition) is 2. The van der Waals surface area contributed by atoms with Gasteiger partial charge in [0.2, 0.25) is 0 Å². The molecule has 0 aliphatic rings. The summed E-state index contributed by atoms with van der Waals surface area (Å²) >= 11 is 0. The Morgan fingerprint density at radius 3 is 2.14 bits per heavy atom. The summed E-state index contributed by atoms with van der Waals surface area (Å²) in [6.07, 6.45) is -4.36. The molecule has 3 N–H and O–H groups in total. The standard InChI is InChI=1S/C18H16F6N2O.ClH/c19-14-9-16(21)15(20)8-11(14)7-13(25)5-6-26-17(27)10-1-3-12(4-2-10)18(22,23)24;/h1-4,8-9,13H,5-7,25H2,(H,26,27);1H/t13-;/m0./s1. The van der Waals surface area contributed by atoms with E-state index in [2.05, 4.69) is 5.32 Å². The van der Waals surface area contributed by atoms with Gasteiger partial charge >= 0.3 is 6.18 Å². The van der Waals surface area contributed by atoms with Gasteiger partial charge < -0.3 is 11.1 Å². The van der Waals surface area contributed by atoms with Gasteiger partial charge in [0.05, 0.1) is 5.56 Å². The van der Waals surface area contributed by atoms with Crippen LogP contribution in [-0.2, 0) is 12.6 Å². The average molecular weight is 427 g/mol. The molecule has 2 aromatic carbocycles. The van der Waals surface area contributed by atoms with Crippen LogP contribution in [0.25, 0.3) is 0 Å². The van der Waals surface area contributed by atoms with Gasteiger partial charge in [0.25, 0.3) is 5.91 Å². The van der Waals surface area contributed by atoms with Gasteiger partial charge in [-0.15, -0.1) is 12.4 Å². The minimum atomic E-state index is -4.49. The lowest BCUT2D eigenvalue weighted by atomic mass is 10.0. The summed E-state index contributed by atoms with van der Waals surface area (Å²) in [6.45, 7) is 0.0757. The summed E-state index contributed by atoms with van der Waals surface area (Å²) < 4.78 is 77.0. The van der Waals surface area contributed by atoms with Crippen molar-refractivity contribution in [3.63, 3.8) is 0 Å². The molecule has 154 valence electrons. The quantitative estimate of drug-likeness (QED) is 0.536. The first kappa shape index (κ1) is 23.8. The van der Waals surface area contributed by atoms with E-state index in [1.807, 2.05) is 0 Å². The van der Waals surface area contributed by atoms with Crippen molar-refractivity contribution in [2.75, 3.05) is 6.54 Å². The van der Waals surface area contributed by atoms with Gasteiger partial charge in [-0.3, -0.25) is 4.79 Å². The van der Waals surface area contributed by atoms with Gasteiger partial charge in [0, 0.05) is 24.2 Å². The molecule has 2 aromatic rings. The lowest BCUT2D eigenvalue weighted by molar-refractivity contribution is -0.137. The molecule has 0 spiro atoms. The van der Waals surface area contributed by atoms with Gasteiger partial charge in [-0.1, -0.05) is 0 Å². The van der Waals surface area contributed by atoms with E-state index in [0.29, 0.717) is 6.07 Å². The molecule has 0 aliphatic heterocycles. The van der Waals surface area contributed by atoms with Crippen LogP contribution >= 0.6 is 12.4 Å². The Labute approximate surface area is 163 Å². The predicted octanol–water partition coefficient (Wildman–Crippen LogP) is 4.23. The van der Waals surface area contributed by atoms with E-state index in [0.717, 1.165) is 30.3 Å². The van der Waals surface area contributed by atoms with E-state index in [1.165, 1.54) is 0 Å². The summed E-state index contributed by atoms with van der Waals surface area (Å²) in [5.74, 6) is -3.99. The second-order valence-electron chi connectivity index (χ2n) is 5.94. The SMILES string of the molecule is Cl.N[C@@H](CCNC(=O)c1ccc(C(F)(F)F)cc1)Cc1cc(F)c(F)cc1F. The van der Waals surface area contributed by atoms with Gasteiger partial charge in [-0.25, -0.2) is 13.2 Å². The number of carbonyl (C=O) groups excluding carboxylic acids is 1.